The molecule has 2 aliphatic rings. The van der Waals surface area contributed by atoms with Crippen molar-refractivity contribution in [2.45, 2.75) is 51.4 Å². The van der Waals surface area contributed by atoms with Crippen molar-refractivity contribution < 1.29 is 19.1 Å². The van der Waals surface area contributed by atoms with Crippen LogP contribution in [0.15, 0.2) is 41.8 Å². The number of carbonyl (C=O) groups is 3. The third-order valence-electron chi connectivity index (χ3n) is 6.81. The maximum atomic E-state index is 13.3. The molecule has 7 heteroatoms. The highest BCUT2D eigenvalue weighted by Crippen LogP contribution is 2.36. The lowest BCUT2D eigenvalue weighted by atomic mass is 9.86. The van der Waals surface area contributed by atoms with Crippen molar-refractivity contribution in [1.82, 2.24) is 10.3 Å². The van der Waals surface area contributed by atoms with E-state index in [1.807, 2.05) is 35.7 Å². The van der Waals surface area contributed by atoms with Crippen LogP contribution in [0.2, 0.25) is 0 Å². The van der Waals surface area contributed by atoms with Crippen LogP contribution in [0.3, 0.4) is 0 Å². The third kappa shape index (κ3) is 5.20. The lowest BCUT2D eigenvalue weighted by molar-refractivity contribution is -0.135. The number of hydrogen-bond donors (Lipinski definition) is 1. The number of pyridine rings is 1. The molecule has 2 aromatic heterocycles. The molecular weight excluding hydrogens is 460 g/mol. The van der Waals surface area contributed by atoms with Gasteiger partial charge in [0, 0.05) is 16.2 Å². The van der Waals surface area contributed by atoms with Gasteiger partial charge in [0.15, 0.2) is 6.61 Å². The first-order valence-electron chi connectivity index (χ1n) is 12.3. The summed E-state index contributed by atoms with van der Waals surface area (Å²) in [6.45, 7) is -0.486. The minimum atomic E-state index is -0.584. The fourth-order valence-corrected chi connectivity index (χ4v) is 5.78. The topological polar surface area (TPSA) is 85.4 Å². The van der Waals surface area contributed by atoms with Crippen molar-refractivity contribution in [1.29, 1.82) is 0 Å². The van der Waals surface area contributed by atoms with Gasteiger partial charge in [0.25, 0.3) is 5.91 Å². The van der Waals surface area contributed by atoms with Gasteiger partial charge in [-0.1, -0.05) is 43.5 Å². The minimum Gasteiger partial charge on any atom is -0.452 e. The summed E-state index contributed by atoms with van der Waals surface area (Å²) in [5, 5.41) is 5.17. The molecule has 1 aromatic carbocycles. The van der Waals surface area contributed by atoms with E-state index in [-0.39, 0.29) is 11.8 Å². The molecule has 0 bridgehead atoms. The summed E-state index contributed by atoms with van der Waals surface area (Å²) >= 11 is 1.66. The van der Waals surface area contributed by atoms with Gasteiger partial charge in [0.2, 0.25) is 5.91 Å². The van der Waals surface area contributed by atoms with Crippen LogP contribution < -0.4 is 5.32 Å². The SMILES string of the molecule is O=C(COC(=O)c1c2c(nc3ccccc13)/C(=C/c1cccs1)CCC2)NC(=O)C1CCCCC1. The zero-order valence-electron chi connectivity index (χ0n) is 19.5. The van der Waals surface area contributed by atoms with Crippen molar-refractivity contribution in [3.05, 3.63) is 63.5 Å². The number of amides is 2. The molecule has 1 N–H and O–H groups in total. The van der Waals surface area contributed by atoms with Crippen LogP contribution >= 0.6 is 11.3 Å². The predicted molar refractivity (Wildman–Crippen MR) is 137 cm³/mol. The zero-order valence-corrected chi connectivity index (χ0v) is 20.4. The largest absolute Gasteiger partial charge is 0.452 e. The Kier molecular flexibility index (Phi) is 7.04. The number of thiophene rings is 1. The van der Waals surface area contributed by atoms with Gasteiger partial charge < -0.3 is 4.74 Å². The molecule has 6 nitrogen and oxygen atoms in total. The van der Waals surface area contributed by atoms with Gasteiger partial charge in [-0.15, -0.1) is 11.3 Å². The number of rotatable bonds is 5. The number of allylic oxidation sites excluding steroid dienone is 1. The molecule has 2 amide bonds. The van der Waals surface area contributed by atoms with Gasteiger partial charge in [0.05, 0.1) is 16.8 Å². The summed E-state index contributed by atoms with van der Waals surface area (Å²) in [5.41, 5.74) is 3.97. The van der Waals surface area contributed by atoms with Gasteiger partial charge in [-0.3, -0.25) is 14.9 Å². The highest BCUT2D eigenvalue weighted by Gasteiger charge is 2.27. The molecule has 0 aliphatic heterocycles. The van der Waals surface area contributed by atoms with Crippen LogP contribution in [0, 0.1) is 5.92 Å². The van der Waals surface area contributed by atoms with E-state index in [0.29, 0.717) is 22.9 Å². The minimum absolute atomic E-state index is 0.131. The molecule has 0 atom stereocenters. The van der Waals surface area contributed by atoms with E-state index >= 15 is 0 Å². The Bertz CT molecular complexity index is 1290. The standard InChI is InChI=1S/C28H28N2O4S/c31-24(30-27(32)18-8-2-1-3-9-18)17-34-28(33)25-21-12-4-5-14-23(21)29-26-19(10-6-13-22(25)26)16-20-11-7-15-35-20/h4-5,7,11-12,14-16,18H,1-3,6,8-10,13,17H2,(H,30,31,32)/b19-16+. The molecule has 0 radical (unpaired) electrons. The average molecular weight is 489 g/mol. The maximum absolute atomic E-state index is 13.3. The summed E-state index contributed by atoms with van der Waals surface area (Å²) in [5.74, 6) is -1.54. The summed E-state index contributed by atoms with van der Waals surface area (Å²) in [6, 6.07) is 11.6. The summed E-state index contributed by atoms with van der Waals surface area (Å²) in [4.78, 5) is 44.1. The quantitative estimate of drug-likeness (QED) is 0.476. The third-order valence-corrected chi connectivity index (χ3v) is 7.63. The molecule has 2 aliphatic carbocycles. The zero-order chi connectivity index (χ0) is 24.2. The maximum Gasteiger partial charge on any atom is 0.339 e. The number of nitrogens with one attached hydrogen (secondary N) is 1. The number of esters is 1. The molecule has 0 spiro atoms. The Morgan fingerprint density at radius 3 is 2.66 bits per heavy atom. The number of imide groups is 1. The lowest BCUT2D eigenvalue weighted by Gasteiger charge is -2.22. The Morgan fingerprint density at radius 1 is 1.03 bits per heavy atom. The fourth-order valence-electron chi connectivity index (χ4n) is 5.10. The highest BCUT2D eigenvalue weighted by molar-refractivity contribution is 7.10. The molecule has 1 fully saturated rings. The fraction of sp³-hybridized carbons (Fsp3) is 0.357. The van der Waals surface area contributed by atoms with Crippen LogP contribution in [-0.4, -0.2) is 29.4 Å². The Morgan fingerprint density at radius 2 is 1.86 bits per heavy atom. The Labute approximate surface area is 208 Å². The number of nitrogens with zero attached hydrogens (tertiary/aromatic N) is 1. The first-order chi connectivity index (χ1) is 17.1. The van der Waals surface area contributed by atoms with E-state index in [4.69, 9.17) is 9.72 Å². The number of hydrogen-bond acceptors (Lipinski definition) is 6. The predicted octanol–water partition coefficient (Wildman–Crippen LogP) is 5.55. The molecule has 5 rings (SSSR count). The van der Waals surface area contributed by atoms with Gasteiger partial charge in [-0.25, -0.2) is 9.78 Å². The van der Waals surface area contributed by atoms with E-state index in [1.165, 1.54) is 0 Å². The molecule has 0 saturated heterocycles. The van der Waals surface area contributed by atoms with E-state index in [2.05, 4.69) is 17.5 Å². The van der Waals surface area contributed by atoms with Crippen LogP contribution in [0.5, 0.6) is 0 Å². The molecular formula is C28H28N2O4S. The number of carbonyl (C=O) groups excluding carboxylic acids is 3. The Balaban J connectivity index is 1.39. The van der Waals surface area contributed by atoms with Gasteiger partial charge in [-0.05, 0) is 66.8 Å². The van der Waals surface area contributed by atoms with E-state index in [0.717, 1.165) is 66.7 Å². The lowest BCUT2D eigenvalue weighted by Crippen LogP contribution is -2.39. The van der Waals surface area contributed by atoms with Crippen LogP contribution in [-0.2, 0) is 20.7 Å². The van der Waals surface area contributed by atoms with Crippen LogP contribution in [0.25, 0.3) is 22.6 Å². The first-order valence-corrected chi connectivity index (χ1v) is 13.1. The van der Waals surface area contributed by atoms with E-state index in [9.17, 15) is 14.4 Å². The molecule has 1 saturated carbocycles. The molecule has 180 valence electrons. The molecule has 35 heavy (non-hydrogen) atoms. The van der Waals surface area contributed by atoms with E-state index < -0.39 is 18.5 Å². The van der Waals surface area contributed by atoms with Gasteiger partial charge >= 0.3 is 5.97 Å². The normalized spacial score (nSPS) is 17.2. The number of aromatic nitrogens is 1. The van der Waals surface area contributed by atoms with Crippen molar-refractivity contribution in [2.24, 2.45) is 5.92 Å². The molecule has 2 heterocycles. The Hall–Kier alpha value is -3.32. The van der Waals surface area contributed by atoms with Gasteiger partial charge in [0.1, 0.15) is 0 Å². The van der Waals surface area contributed by atoms with Crippen molar-refractivity contribution in [3.63, 3.8) is 0 Å². The second kappa shape index (κ2) is 10.5. The second-order valence-corrected chi connectivity index (χ2v) is 10.2. The highest BCUT2D eigenvalue weighted by atomic mass is 32.1. The summed E-state index contributed by atoms with van der Waals surface area (Å²) in [7, 11) is 0. The number of ether oxygens (including phenoxy) is 1. The monoisotopic (exact) mass is 488 g/mol. The van der Waals surface area contributed by atoms with Crippen LogP contribution in [0.1, 0.15) is 71.4 Å². The van der Waals surface area contributed by atoms with Crippen molar-refractivity contribution in [2.75, 3.05) is 6.61 Å². The second-order valence-electron chi connectivity index (χ2n) is 9.19. The number of para-hydroxylation sites is 1. The average Bonchev–Trinajstić information content (AvgIpc) is 3.40. The van der Waals surface area contributed by atoms with E-state index in [1.54, 1.807) is 11.3 Å². The van der Waals surface area contributed by atoms with Crippen LogP contribution in [0.4, 0.5) is 0 Å². The first kappa shape index (κ1) is 23.4. The summed E-state index contributed by atoms with van der Waals surface area (Å²) in [6.07, 6.45) is 9.39. The van der Waals surface area contributed by atoms with Crippen molar-refractivity contribution >= 4 is 51.7 Å². The molecule has 0 unspecified atom stereocenters. The number of benzene rings is 1. The van der Waals surface area contributed by atoms with Gasteiger partial charge in [-0.2, -0.15) is 0 Å². The molecule has 3 aromatic rings. The summed E-state index contributed by atoms with van der Waals surface area (Å²) < 4.78 is 5.45. The smallest absolute Gasteiger partial charge is 0.339 e. The number of fused-ring (bicyclic) bond motifs is 2. The van der Waals surface area contributed by atoms with Crippen molar-refractivity contribution in [3.8, 4) is 0 Å².